The maximum Gasteiger partial charge on any atom is 0.338 e. The van der Waals surface area contributed by atoms with E-state index in [0.717, 1.165) is 5.69 Å². The number of anilines is 1. The Bertz CT molecular complexity index is 373. The van der Waals surface area contributed by atoms with E-state index in [0.29, 0.717) is 25.3 Å². The van der Waals surface area contributed by atoms with Gasteiger partial charge < -0.3 is 19.9 Å². The van der Waals surface area contributed by atoms with E-state index in [4.69, 9.17) is 14.6 Å². The first-order valence-corrected chi connectivity index (χ1v) is 5.53. The minimum absolute atomic E-state index is 0.0749. The molecule has 1 aliphatic heterocycles. The Morgan fingerprint density at radius 3 is 2.65 bits per heavy atom. The molecule has 1 aromatic rings. The lowest BCUT2D eigenvalue weighted by Gasteiger charge is -2.25. The second-order valence-electron chi connectivity index (χ2n) is 3.79. The maximum atomic E-state index is 11.6. The van der Waals surface area contributed by atoms with Crippen LogP contribution >= 0.6 is 0 Å². The lowest BCUT2D eigenvalue weighted by atomic mass is 10.2. The molecule has 17 heavy (non-hydrogen) atoms. The summed E-state index contributed by atoms with van der Waals surface area (Å²) in [6.07, 6.45) is -0.102. The van der Waals surface area contributed by atoms with E-state index < -0.39 is 0 Å². The number of esters is 1. The fraction of sp³-hybridized carbons (Fsp3) is 0.417. The van der Waals surface area contributed by atoms with E-state index in [-0.39, 0.29) is 18.7 Å². The van der Waals surface area contributed by atoms with Crippen molar-refractivity contribution >= 4 is 11.7 Å². The van der Waals surface area contributed by atoms with E-state index in [1.807, 2.05) is 0 Å². The molecule has 2 rings (SSSR count). The maximum absolute atomic E-state index is 11.6. The van der Waals surface area contributed by atoms with Crippen molar-refractivity contribution in [3.05, 3.63) is 29.8 Å². The number of ether oxygens (including phenoxy) is 2. The molecule has 2 N–H and O–H groups in total. The standard InChI is InChI=1S/C12H15NO4/c14-6-5-13-10-3-1-9(2-4-10)12(15)17-11-7-16-8-11/h1-4,11,13-14H,5-8H2. The lowest BCUT2D eigenvalue weighted by molar-refractivity contribution is -0.103. The quantitative estimate of drug-likeness (QED) is 0.736. The van der Waals surface area contributed by atoms with Gasteiger partial charge in [0.05, 0.1) is 25.4 Å². The van der Waals surface area contributed by atoms with Crippen LogP contribution in [0, 0.1) is 0 Å². The van der Waals surface area contributed by atoms with E-state index in [2.05, 4.69) is 5.32 Å². The van der Waals surface area contributed by atoms with Gasteiger partial charge in [0.2, 0.25) is 0 Å². The van der Waals surface area contributed by atoms with E-state index in [1.54, 1.807) is 24.3 Å². The minimum Gasteiger partial charge on any atom is -0.454 e. The fourth-order valence-electron chi connectivity index (χ4n) is 1.43. The zero-order chi connectivity index (χ0) is 12.1. The van der Waals surface area contributed by atoms with Crippen molar-refractivity contribution in [1.29, 1.82) is 0 Å². The summed E-state index contributed by atoms with van der Waals surface area (Å²) >= 11 is 0. The van der Waals surface area contributed by atoms with Crippen molar-refractivity contribution in [1.82, 2.24) is 0 Å². The highest BCUT2D eigenvalue weighted by Gasteiger charge is 2.23. The van der Waals surface area contributed by atoms with Gasteiger partial charge in [-0.2, -0.15) is 0 Å². The molecule has 1 heterocycles. The fourth-order valence-corrected chi connectivity index (χ4v) is 1.43. The number of benzene rings is 1. The Kier molecular flexibility index (Phi) is 3.95. The summed E-state index contributed by atoms with van der Waals surface area (Å²) in [6.45, 7) is 1.54. The highest BCUT2D eigenvalue weighted by molar-refractivity contribution is 5.90. The van der Waals surface area contributed by atoms with Crippen LogP contribution in [0.4, 0.5) is 5.69 Å². The second-order valence-corrected chi connectivity index (χ2v) is 3.79. The number of hydrogen-bond acceptors (Lipinski definition) is 5. The van der Waals surface area contributed by atoms with Crippen LogP contribution in [0.5, 0.6) is 0 Å². The van der Waals surface area contributed by atoms with Crippen molar-refractivity contribution in [3.8, 4) is 0 Å². The largest absolute Gasteiger partial charge is 0.454 e. The van der Waals surface area contributed by atoms with Crippen molar-refractivity contribution in [2.45, 2.75) is 6.10 Å². The SMILES string of the molecule is O=C(OC1COC1)c1ccc(NCCO)cc1. The monoisotopic (exact) mass is 237 g/mol. The van der Waals surface area contributed by atoms with Crippen molar-refractivity contribution in [2.24, 2.45) is 0 Å². The van der Waals surface area contributed by atoms with Crippen LogP contribution in [0.1, 0.15) is 10.4 Å². The molecule has 0 atom stereocenters. The van der Waals surface area contributed by atoms with Crippen LogP contribution in [-0.4, -0.2) is 43.5 Å². The summed E-state index contributed by atoms with van der Waals surface area (Å²) in [4.78, 5) is 11.6. The van der Waals surface area contributed by atoms with Gasteiger partial charge in [0.15, 0.2) is 0 Å². The lowest BCUT2D eigenvalue weighted by Crippen LogP contribution is -2.37. The number of aliphatic hydroxyl groups excluding tert-OH is 1. The Balaban J connectivity index is 1.89. The summed E-state index contributed by atoms with van der Waals surface area (Å²) in [5.74, 6) is -0.327. The molecular formula is C12H15NO4. The molecule has 0 spiro atoms. The second kappa shape index (κ2) is 5.65. The van der Waals surface area contributed by atoms with Crippen LogP contribution in [0.25, 0.3) is 0 Å². The van der Waals surface area contributed by atoms with E-state index in [1.165, 1.54) is 0 Å². The minimum atomic E-state index is -0.327. The van der Waals surface area contributed by atoms with Crippen LogP contribution in [0.2, 0.25) is 0 Å². The first kappa shape index (κ1) is 11.9. The van der Waals surface area contributed by atoms with Crippen LogP contribution in [0.15, 0.2) is 24.3 Å². The summed E-state index contributed by atoms with van der Waals surface area (Å²) in [7, 11) is 0. The molecule has 0 saturated carbocycles. The molecule has 0 radical (unpaired) electrons. The Labute approximate surface area is 99.3 Å². The highest BCUT2D eigenvalue weighted by Crippen LogP contribution is 2.13. The van der Waals surface area contributed by atoms with E-state index in [9.17, 15) is 4.79 Å². The van der Waals surface area contributed by atoms with E-state index >= 15 is 0 Å². The molecule has 92 valence electrons. The third-order valence-corrected chi connectivity index (χ3v) is 2.44. The Morgan fingerprint density at radius 2 is 2.12 bits per heavy atom. The molecule has 0 amide bonds. The number of carbonyl (C=O) groups is 1. The summed E-state index contributed by atoms with van der Waals surface area (Å²) in [5.41, 5.74) is 1.38. The molecule has 0 aromatic heterocycles. The Morgan fingerprint density at radius 1 is 1.41 bits per heavy atom. The third kappa shape index (κ3) is 3.18. The van der Waals surface area contributed by atoms with Gasteiger partial charge >= 0.3 is 5.97 Å². The molecule has 0 unspecified atom stereocenters. The summed E-state index contributed by atoms with van der Waals surface area (Å²) in [6, 6.07) is 6.95. The van der Waals surface area contributed by atoms with Gasteiger partial charge in [-0.3, -0.25) is 0 Å². The topological polar surface area (TPSA) is 67.8 Å². The van der Waals surface area contributed by atoms with Gasteiger partial charge in [-0.15, -0.1) is 0 Å². The molecule has 1 saturated heterocycles. The highest BCUT2D eigenvalue weighted by atomic mass is 16.6. The van der Waals surface area contributed by atoms with Gasteiger partial charge in [-0.1, -0.05) is 0 Å². The first-order valence-electron chi connectivity index (χ1n) is 5.53. The zero-order valence-corrected chi connectivity index (χ0v) is 9.39. The van der Waals surface area contributed by atoms with Gasteiger partial charge in [0.25, 0.3) is 0 Å². The average Bonchev–Trinajstić information content (AvgIpc) is 2.31. The summed E-state index contributed by atoms with van der Waals surface area (Å²) in [5, 5.41) is 11.7. The number of hydrogen-bond donors (Lipinski definition) is 2. The van der Waals surface area contributed by atoms with Crippen molar-refractivity contribution in [2.75, 3.05) is 31.7 Å². The van der Waals surface area contributed by atoms with Gasteiger partial charge in [-0.25, -0.2) is 4.79 Å². The third-order valence-electron chi connectivity index (χ3n) is 2.44. The predicted molar refractivity (Wildman–Crippen MR) is 62.0 cm³/mol. The number of aliphatic hydroxyl groups is 1. The number of carbonyl (C=O) groups excluding carboxylic acids is 1. The molecule has 0 bridgehead atoms. The number of nitrogens with one attached hydrogen (secondary N) is 1. The normalized spacial score (nSPS) is 15.1. The van der Waals surface area contributed by atoms with Crippen molar-refractivity contribution < 1.29 is 19.4 Å². The Hall–Kier alpha value is -1.59. The van der Waals surface area contributed by atoms with Gasteiger partial charge in [0, 0.05) is 12.2 Å². The van der Waals surface area contributed by atoms with Gasteiger partial charge in [-0.05, 0) is 24.3 Å². The molecule has 5 nitrogen and oxygen atoms in total. The molecular weight excluding hydrogens is 222 g/mol. The van der Waals surface area contributed by atoms with Crippen LogP contribution < -0.4 is 5.32 Å². The predicted octanol–water partition coefficient (Wildman–Crippen LogP) is 0.646. The molecule has 1 fully saturated rings. The first-order chi connectivity index (χ1) is 8.29. The van der Waals surface area contributed by atoms with Gasteiger partial charge in [0.1, 0.15) is 6.10 Å². The molecule has 1 aliphatic rings. The van der Waals surface area contributed by atoms with Crippen LogP contribution in [0.3, 0.4) is 0 Å². The molecule has 1 aromatic carbocycles. The summed E-state index contributed by atoms with van der Waals surface area (Å²) < 4.78 is 10.1. The zero-order valence-electron chi connectivity index (χ0n) is 9.39. The molecule has 0 aliphatic carbocycles. The molecule has 5 heteroatoms. The smallest absolute Gasteiger partial charge is 0.338 e. The van der Waals surface area contributed by atoms with Crippen LogP contribution in [-0.2, 0) is 9.47 Å². The number of rotatable bonds is 5. The average molecular weight is 237 g/mol. The van der Waals surface area contributed by atoms with Crippen molar-refractivity contribution in [3.63, 3.8) is 0 Å².